The summed E-state index contributed by atoms with van der Waals surface area (Å²) in [7, 11) is -1.28. The van der Waals surface area contributed by atoms with E-state index in [1.807, 2.05) is 23.9 Å². The summed E-state index contributed by atoms with van der Waals surface area (Å²) in [5, 5.41) is 0. The smallest absolute Gasteiger partial charge is 0.342 e. The van der Waals surface area contributed by atoms with Crippen molar-refractivity contribution in [2.75, 3.05) is 0 Å². The minimum absolute atomic E-state index is 0.301. The second-order valence-corrected chi connectivity index (χ2v) is 9.51. The fraction of sp³-hybridized carbons (Fsp3) is 0.250. The Morgan fingerprint density at radius 3 is 2.33 bits per heavy atom. The molecular formula is C12H16O2Si. The van der Waals surface area contributed by atoms with Crippen molar-refractivity contribution in [3.8, 4) is 0 Å². The van der Waals surface area contributed by atoms with Crippen LogP contribution in [0.4, 0.5) is 0 Å². The molecule has 0 radical (unpaired) electrons. The van der Waals surface area contributed by atoms with Crippen LogP contribution in [0.5, 0.6) is 0 Å². The van der Waals surface area contributed by atoms with Gasteiger partial charge in [0.2, 0.25) is 0 Å². The van der Waals surface area contributed by atoms with Gasteiger partial charge < -0.3 is 4.74 Å². The Bertz CT molecular complexity index is 350. The highest BCUT2D eigenvalue weighted by Gasteiger charge is 2.08. The zero-order valence-electron chi connectivity index (χ0n) is 9.36. The van der Waals surface area contributed by atoms with Crippen LogP contribution in [0.3, 0.4) is 0 Å². The molecule has 0 aromatic heterocycles. The molecule has 0 unspecified atom stereocenters. The number of benzene rings is 1. The van der Waals surface area contributed by atoms with Crippen molar-refractivity contribution in [2.24, 2.45) is 0 Å². The zero-order valence-corrected chi connectivity index (χ0v) is 10.4. The molecule has 15 heavy (non-hydrogen) atoms. The van der Waals surface area contributed by atoms with Crippen LogP contribution < -0.4 is 0 Å². The largest absolute Gasteiger partial charge is 0.432 e. The van der Waals surface area contributed by atoms with Gasteiger partial charge in [-0.05, 0) is 12.1 Å². The fourth-order valence-corrected chi connectivity index (χ4v) is 1.42. The van der Waals surface area contributed by atoms with Gasteiger partial charge in [0.05, 0.1) is 19.9 Å². The van der Waals surface area contributed by atoms with Crippen molar-refractivity contribution in [1.82, 2.24) is 0 Å². The lowest BCUT2D eigenvalue weighted by Gasteiger charge is -2.07. The van der Waals surface area contributed by atoms with Crippen molar-refractivity contribution in [1.29, 1.82) is 0 Å². The van der Waals surface area contributed by atoms with Crippen LogP contribution in [0.15, 0.2) is 42.3 Å². The number of hydrogen-bond donors (Lipinski definition) is 0. The quantitative estimate of drug-likeness (QED) is 0.444. The molecule has 2 nitrogen and oxygen atoms in total. The lowest BCUT2D eigenvalue weighted by atomic mass is 10.2. The molecule has 0 N–H and O–H groups in total. The van der Waals surface area contributed by atoms with Crippen LogP contribution in [0, 0.1) is 0 Å². The molecule has 0 spiro atoms. The van der Waals surface area contributed by atoms with Gasteiger partial charge in [-0.1, -0.05) is 43.5 Å². The molecule has 0 atom stereocenters. The Hall–Kier alpha value is -1.35. The standard InChI is InChI=1S/C12H16O2Si/c1-15(2,3)10-9-14-12(13)11-7-5-4-6-8-11/h4-10H,1-3H3. The van der Waals surface area contributed by atoms with Crippen molar-refractivity contribution in [3.05, 3.63) is 47.9 Å². The minimum Gasteiger partial charge on any atom is -0.432 e. The highest BCUT2D eigenvalue weighted by Crippen LogP contribution is 2.04. The summed E-state index contributed by atoms with van der Waals surface area (Å²) in [5.41, 5.74) is 2.58. The van der Waals surface area contributed by atoms with Gasteiger partial charge in [0.1, 0.15) is 0 Å². The van der Waals surface area contributed by atoms with Crippen LogP contribution in [0.2, 0.25) is 19.6 Å². The Balaban J connectivity index is 2.55. The summed E-state index contributed by atoms with van der Waals surface area (Å²) in [6.45, 7) is 6.54. The van der Waals surface area contributed by atoms with Crippen LogP contribution >= 0.6 is 0 Å². The number of carbonyl (C=O) groups excluding carboxylic acids is 1. The molecule has 1 aromatic rings. The van der Waals surface area contributed by atoms with Crippen molar-refractivity contribution in [3.63, 3.8) is 0 Å². The maximum atomic E-state index is 11.5. The van der Waals surface area contributed by atoms with E-state index in [1.54, 1.807) is 12.1 Å². The molecule has 80 valence electrons. The number of carbonyl (C=O) groups is 1. The molecule has 0 fully saturated rings. The van der Waals surface area contributed by atoms with E-state index in [0.29, 0.717) is 5.56 Å². The van der Waals surface area contributed by atoms with E-state index in [-0.39, 0.29) is 5.97 Å². The summed E-state index contributed by atoms with van der Waals surface area (Å²) in [5.74, 6) is -0.301. The average Bonchev–Trinajstić information content (AvgIpc) is 2.17. The molecule has 1 rings (SSSR count). The summed E-state index contributed by atoms with van der Waals surface area (Å²) in [4.78, 5) is 11.5. The van der Waals surface area contributed by atoms with Gasteiger partial charge in [-0.2, -0.15) is 0 Å². The molecule has 0 saturated carbocycles. The molecule has 0 saturated heterocycles. The van der Waals surface area contributed by atoms with Crippen LogP contribution in [0.25, 0.3) is 0 Å². The maximum absolute atomic E-state index is 11.5. The van der Waals surface area contributed by atoms with Gasteiger partial charge >= 0.3 is 5.97 Å². The maximum Gasteiger partial charge on any atom is 0.342 e. The van der Waals surface area contributed by atoms with Crippen molar-refractivity contribution < 1.29 is 9.53 Å². The highest BCUT2D eigenvalue weighted by molar-refractivity contribution is 6.80. The number of ether oxygens (including phenoxy) is 1. The SMILES string of the molecule is C[Si](C)(C)C=COC(=O)c1ccccc1. The second kappa shape index (κ2) is 4.93. The number of hydrogen-bond acceptors (Lipinski definition) is 2. The van der Waals surface area contributed by atoms with E-state index in [1.165, 1.54) is 6.26 Å². The van der Waals surface area contributed by atoms with Gasteiger partial charge in [-0.25, -0.2) is 4.79 Å². The monoisotopic (exact) mass is 220 g/mol. The Morgan fingerprint density at radius 1 is 1.20 bits per heavy atom. The predicted octanol–water partition coefficient (Wildman–Crippen LogP) is 3.23. The normalized spacial score (nSPS) is 11.7. The number of rotatable bonds is 3. The zero-order chi connectivity index (χ0) is 11.3. The molecule has 0 aliphatic heterocycles. The first-order valence-corrected chi connectivity index (χ1v) is 8.50. The van der Waals surface area contributed by atoms with Gasteiger partial charge in [0, 0.05) is 0 Å². The summed E-state index contributed by atoms with van der Waals surface area (Å²) >= 11 is 0. The van der Waals surface area contributed by atoms with E-state index in [9.17, 15) is 4.79 Å². The molecule has 0 aliphatic rings. The van der Waals surface area contributed by atoms with Gasteiger partial charge in [-0.3, -0.25) is 0 Å². The van der Waals surface area contributed by atoms with Crippen LogP contribution in [-0.4, -0.2) is 14.0 Å². The molecule has 0 amide bonds. The van der Waals surface area contributed by atoms with Crippen molar-refractivity contribution in [2.45, 2.75) is 19.6 Å². The van der Waals surface area contributed by atoms with E-state index < -0.39 is 8.07 Å². The Morgan fingerprint density at radius 2 is 1.80 bits per heavy atom. The van der Waals surface area contributed by atoms with Crippen LogP contribution in [-0.2, 0) is 4.74 Å². The van der Waals surface area contributed by atoms with Crippen molar-refractivity contribution >= 4 is 14.0 Å². The minimum atomic E-state index is -1.28. The third-order valence-electron chi connectivity index (χ3n) is 1.75. The third kappa shape index (κ3) is 4.60. The molecule has 0 bridgehead atoms. The average molecular weight is 220 g/mol. The molecular weight excluding hydrogens is 204 g/mol. The first kappa shape index (κ1) is 11.7. The molecule has 0 aliphatic carbocycles. The highest BCUT2D eigenvalue weighted by atomic mass is 28.3. The predicted molar refractivity (Wildman–Crippen MR) is 64.3 cm³/mol. The lowest BCUT2D eigenvalue weighted by Crippen LogP contribution is -2.16. The molecule has 3 heteroatoms. The topological polar surface area (TPSA) is 26.3 Å². The number of esters is 1. The van der Waals surface area contributed by atoms with E-state index in [2.05, 4.69) is 19.6 Å². The van der Waals surface area contributed by atoms with E-state index >= 15 is 0 Å². The molecule has 0 heterocycles. The van der Waals surface area contributed by atoms with E-state index in [0.717, 1.165) is 0 Å². The Labute approximate surface area is 91.6 Å². The third-order valence-corrected chi connectivity index (χ3v) is 2.89. The first-order chi connectivity index (χ1) is 6.99. The Kier molecular flexibility index (Phi) is 3.86. The summed E-state index contributed by atoms with van der Waals surface area (Å²) < 4.78 is 5.02. The first-order valence-electron chi connectivity index (χ1n) is 4.93. The summed E-state index contributed by atoms with van der Waals surface area (Å²) in [6.07, 6.45) is 1.52. The second-order valence-electron chi connectivity index (χ2n) is 4.44. The van der Waals surface area contributed by atoms with E-state index in [4.69, 9.17) is 4.74 Å². The van der Waals surface area contributed by atoms with Gasteiger partial charge in [-0.15, -0.1) is 0 Å². The molecule has 1 aromatic carbocycles. The summed E-state index contributed by atoms with van der Waals surface area (Å²) in [6, 6.07) is 8.99. The van der Waals surface area contributed by atoms with Crippen LogP contribution in [0.1, 0.15) is 10.4 Å². The lowest BCUT2D eigenvalue weighted by molar-refractivity contribution is 0.0663. The van der Waals surface area contributed by atoms with Gasteiger partial charge in [0.15, 0.2) is 0 Å². The fourth-order valence-electron chi connectivity index (χ4n) is 0.942. The van der Waals surface area contributed by atoms with Gasteiger partial charge in [0.25, 0.3) is 0 Å².